The standard InChI is InChI=1S/C18H16S2/c1-2-5-13(6-3-1)11-14-12-16-15-7-4-10-19-17(15)8-9-18(16)20-14/h1-3,5-6,8-9,12H,4,7,10-11H2. The van der Waals surface area contributed by atoms with Crippen LogP contribution < -0.4 is 0 Å². The molecule has 2 heteroatoms. The van der Waals surface area contributed by atoms with Gasteiger partial charge in [-0.1, -0.05) is 30.3 Å². The maximum Gasteiger partial charge on any atom is 0.0349 e. The highest BCUT2D eigenvalue weighted by molar-refractivity contribution is 7.99. The van der Waals surface area contributed by atoms with Crippen LogP contribution in [0.15, 0.2) is 53.4 Å². The van der Waals surface area contributed by atoms with Crippen molar-refractivity contribution in [3.8, 4) is 0 Å². The molecule has 0 atom stereocenters. The van der Waals surface area contributed by atoms with Crippen molar-refractivity contribution in [2.75, 3.05) is 5.75 Å². The van der Waals surface area contributed by atoms with Crippen LogP contribution >= 0.6 is 23.1 Å². The Morgan fingerprint density at radius 1 is 1.00 bits per heavy atom. The van der Waals surface area contributed by atoms with Crippen LogP contribution in [0.3, 0.4) is 0 Å². The van der Waals surface area contributed by atoms with Crippen LogP contribution in [0.25, 0.3) is 10.1 Å². The Labute approximate surface area is 127 Å². The predicted octanol–water partition coefficient (Wildman–Crippen LogP) is 5.53. The van der Waals surface area contributed by atoms with Gasteiger partial charge in [0.1, 0.15) is 0 Å². The highest BCUT2D eigenvalue weighted by atomic mass is 32.2. The van der Waals surface area contributed by atoms with Gasteiger partial charge in [-0.05, 0) is 53.3 Å². The van der Waals surface area contributed by atoms with Crippen LogP contribution in [0.5, 0.6) is 0 Å². The Kier molecular flexibility index (Phi) is 3.29. The summed E-state index contributed by atoms with van der Waals surface area (Å²) in [7, 11) is 0. The van der Waals surface area contributed by atoms with Gasteiger partial charge in [-0.25, -0.2) is 0 Å². The molecule has 0 spiro atoms. The van der Waals surface area contributed by atoms with Crippen molar-refractivity contribution in [2.45, 2.75) is 24.2 Å². The lowest BCUT2D eigenvalue weighted by Gasteiger charge is -2.15. The van der Waals surface area contributed by atoms with E-state index in [1.807, 2.05) is 23.1 Å². The maximum atomic E-state index is 2.43. The van der Waals surface area contributed by atoms with Crippen LogP contribution in [0.2, 0.25) is 0 Å². The zero-order valence-corrected chi connectivity index (χ0v) is 12.9. The second-order valence-electron chi connectivity index (χ2n) is 5.28. The van der Waals surface area contributed by atoms with E-state index in [9.17, 15) is 0 Å². The SMILES string of the molecule is c1ccc(Cc2cc3c4c(ccc3s2)SCCC4)cc1. The topological polar surface area (TPSA) is 0 Å². The third-order valence-corrected chi connectivity index (χ3v) is 6.16. The molecule has 0 aliphatic carbocycles. The van der Waals surface area contributed by atoms with Crippen molar-refractivity contribution < 1.29 is 0 Å². The van der Waals surface area contributed by atoms with Crippen molar-refractivity contribution in [3.05, 3.63) is 64.5 Å². The highest BCUT2D eigenvalue weighted by Gasteiger charge is 2.14. The Bertz CT molecular complexity index is 741. The minimum Gasteiger partial charge on any atom is -0.140 e. The average molecular weight is 296 g/mol. The molecule has 0 radical (unpaired) electrons. The molecule has 0 N–H and O–H groups in total. The highest BCUT2D eigenvalue weighted by Crippen LogP contribution is 2.38. The van der Waals surface area contributed by atoms with Crippen LogP contribution in [0.4, 0.5) is 0 Å². The first-order valence-electron chi connectivity index (χ1n) is 7.11. The van der Waals surface area contributed by atoms with Crippen LogP contribution in [0, 0.1) is 0 Å². The summed E-state index contributed by atoms with van der Waals surface area (Å²) in [5.41, 5.74) is 3.00. The number of thioether (sulfide) groups is 1. The van der Waals surface area contributed by atoms with Gasteiger partial charge in [-0.15, -0.1) is 23.1 Å². The van der Waals surface area contributed by atoms with Gasteiger partial charge in [0.25, 0.3) is 0 Å². The quantitative estimate of drug-likeness (QED) is 0.599. The van der Waals surface area contributed by atoms with Gasteiger partial charge >= 0.3 is 0 Å². The van der Waals surface area contributed by atoms with Crippen LogP contribution in [-0.4, -0.2) is 5.75 Å². The molecule has 0 saturated carbocycles. The first-order valence-corrected chi connectivity index (χ1v) is 8.91. The molecule has 4 rings (SSSR count). The van der Waals surface area contributed by atoms with Gasteiger partial charge in [0.15, 0.2) is 0 Å². The van der Waals surface area contributed by atoms with Crippen LogP contribution in [-0.2, 0) is 12.8 Å². The average Bonchev–Trinajstić information content (AvgIpc) is 2.91. The van der Waals surface area contributed by atoms with Crippen molar-refractivity contribution in [3.63, 3.8) is 0 Å². The smallest absolute Gasteiger partial charge is 0.0349 e. The molecule has 0 nitrogen and oxygen atoms in total. The molecule has 0 saturated heterocycles. The van der Waals surface area contributed by atoms with Crippen LogP contribution in [0.1, 0.15) is 22.4 Å². The summed E-state index contributed by atoms with van der Waals surface area (Å²) in [4.78, 5) is 2.99. The third kappa shape index (κ3) is 2.27. The summed E-state index contributed by atoms with van der Waals surface area (Å²) in [5.74, 6) is 1.28. The lowest BCUT2D eigenvalue weighted by molar-refractivity contribution is 0.900. The number of benzene rings is 2. The summed E-state index contributed by atoms with van der Waals surface area (Å²) < 4.78 is 1.46. The minimum atomic E-state index is 1.06. The normalized spacial score (nSPS) is 14.4. The van der Waals surface area contributed by atoms with Gasteiger partial charge in [0, 0.05) is 20.9 Å². The summed E-state index contributed by atoms with van der Waals surface area (Å²) >= 11 is 3.98. The van der Waals surface area contributed by atoms with E-state index in [0.29, 0.717) is 0 Å². The first-order chi connectivity index (χ1) is 9.90. The summed E-state index contributed by atoms with van der Waals surface area (Å²) in [6.45, 7) is 0. The Balaban J connectivity index is 1.75. The van der Waals surface area contributed by atoms with Crippen molar-refractivity contribution in [2.24, 2.45) is 0 Å². The summed E-state index contributed by atoms with van der Waals surface area (Å²) in [6.07, 6.45) is 3.63. The molecule has 1 aliphatic rings. The van der Waals surface area contributed by atoms with Gasteiger partial charge in [0.2, 0.25) is 0 Å². The lowest BCUT2D eigenvalue weighted by atomic mass is 10.0. The molecule has 2 heterocycles. The predicted molar refractivity (Wildman–Crippen MR) is 90.1 cm³/mol. The van der Waals surface area contributed by atoms with E-state index in [0.717, 1.165) is 6.42 Å². The van der Waals surface area contributed by atoms with Gasteiger partial charge in [-0.3, -0.25) is 0 Å². The largest absolute Gasteiger partial charge is 0.140 e. The molecule has 2 aromatic carbocycles. The van der Waals surface area contributed by atoms with Gasteiger partial charge in [-0.2, -0.15) is 0 Å². The number of thiophene rings is 1. The van der Waals surface area contributed by atoms with Crippen molar-refractivity contribution in [1.82, 2.24) is 0 Å². The Hall–Kier alpha value is -1.25. The fourth-order valence-corrected chi connectivity index (χ4v) is 5.10. The minimum absolute atomic E-state index is 1.06. The molecule has 0 unspecified atom stereocenters. The Morgan fingerprint density at radius 3 is 2.80 bits per heavy atom. The van der Waals surface area contributed by atoms with E-state index in [1.54, 1.807) is 5.56 Å². The fourth-order valence-electron chi connectivity index (χ4n) is 2.91. The number of hydrogen-bond donors (Lipinski definition) is 0. The third-order valence-electron chi connectivity index (χ3n) is 3.87. The number of hydrogen-bond acceptors (Lipinski definition) is 2. The number of fused-ring (bicyclic) bond motifs is 3. The fraction of sp³-hybridized carbons (Fsp3) is 0.222. The van der Waals surface area contributed by atoms with E-state index in [2.05, 4.69) is 48.5 Å². The molecule has 0 bridgehead atoms. The molecular formula is C18H16S2. The van der Waals surface area contributed by atoms with E-state index in [-0.39, 0.29) is 0 Å². The van der Waals surface area contributed by atoms with E-state index >= 15 is 0 Å². The first kappa shape index (κ1) is 12.5. The number of aryl methyl sites for hydroxylation is 1. The van der Waals surface area contributed by atoms with Crippen molar-refractivity contribution >= 4 is 33.2 Å². The van der Waals surface area contributed by atoms with Gasteiger partial charge in [0.05, 0.1) is 0 Å². The molecule has 0 amide bonds. The van der Waals surface area contributed by atoms with E-state index in [4.69, 9.17) is 0 Å². The lowest BCUT2D eigenvalue weighted by Crippen LogP contribution is -1.98. The summed E-state index contributed by atoms with van der Waals surface area (Å²) in [6, 6.07) is 17.8. The molecule has 20 heavy (non-hydrogen) atoms. The second-order valence-corrected chi connectivity index (χ2v) is 7.59. The number of rotatable bonds is 2. The van der Waals surface area contributed by atoms with E-state index in [1.165, 1.54) is 44.0 Å². The monoisotopic (exact) mass is 296 g/mol. The molecule has 1 aliphatic heterocycles. The summed E-state index contributed by atoms with van der Waals surface area (Å²) in [5, 5.41) is 1.51. The van der Waals surface area contributed by atoms with E-state index < -0.39 is 0 Å². The molecule has 1 aromatic heterocycles. The van der Waals surface area contributed by atoms with Crippen molar-refractivity contribution in [1.29, 1.82) is 0 Å². The molecular weight excluding hydrogens is 280 g/mol. The Morgan fingerprint density at radius 2 is 1.90 bits per heavy atom. The molecule has 0 fully saturated rings. The van der Waals surface area contributed by atoms with Gasteiger partial charge < -0.3 is 0 Å². The molecule has 100 valence electrons. The molecule has 3 aromatic rings. The zero-order valence-electron chi connectivity index (χ0n) is 11.3. The zero-order chi connectivity index (χ0) is 13.4. The maximum absolute atomic E-state index is 2.43. The second kappa shape index (κ2) is 5.27.